The fourth-order valence-corrected chi connectivity index (χ4v) is 5.08. The molecule has 0 saturated carbocycles. The minimum atomic E-state index is -5.54. The monoisotopic (exact) mass is 426 g/mol. The molecule has 0 bridgehead atoms. The molecule has 1 heterocycles. The van der Waals surface area contributed by atoms with Crippen molar-refractivity contribution in [2.45, 2.75) is 38.5 Å². The maximum atomic E-state index is 15.1. The van der Waals surface area contributed by atoms with Gasteiger partial charge in [0.05, 0.1) is 5.57 Å². The van der Waals surface area contributed by atoms with Gasteiger partial charge in [0, 0.05) is 15.3 Å². The van der Waals surface area contributed by atoms with E-state index in [-0.39, 0.29) is 27.0 Å². The molecule has 0 amide bonds. The maximum absolute atomic E-state index is 15.1. The number of thiophene rings is 1. The lowest BCUT2D eigenvalue weighted by molar-refractivity contribution is -0.254. The van der Waals surface area contributed by atoms with E-state index in [1.165, 1.54) is 32.0 Å². The first-order chi connectivity index (χ1) is 13.4. The van der Waals surface area contributed by atoms with Crippen molar-refractivity contribution in [2.75, 3.05) is 0 Å². The van der Waals surface area contributed by atoms with Gasteiger partial charge in [0.1, 0.15) is 0 Å². The largest absolute Gasteiger partial charge is 0.380 e. The van der Waals surface area contributed by atoms with Crippen LogP contribution in [-0.2, 0) is 0 Å². The SMILES string of the molecule is Cc1cc(C)c(C2=C(c3c(C)ccc4ccccc34)C(F)(F)C(F)(F)C2(F)F)s1. The number of rotatable bonds is 2. The summed E-state index contributed by atoms with van der Waals surface area (Å²) in [5.41, 5.74) is -2.32. The minimum Gasteiger partial charge on any atom is -0.194 e. The van der Waals surface area contributed by atoms with E-state index in [2.05, 4.69) is 0 Å². The van der Waals surface area contributed by atoms with Crippen LogP contribution >= 0.6 is 11.3 Å². The molecule has 3 aromatic rings. The third kappa shape index (κ3) is 2.52. The molecule has 0 saturated heterocycles. The summed E-state index contributed by atoms with van der Waals surface area (Å²) in [4.78, 5) is 0.347. The van der Waals surface area contributed by atoms with E-state index < -0.39 is 28.9 Å². The number of hydrogen-bond donors (Lipinski definition) is 0. The normalized spacial score (nSPS) is 19.9. The van der Waals surface area contributed by atoms with Crippen molar-refractivity contribution in [3.63, 3.8) is 0 Å². The first kappa shape index (κ1) is 20.0. The van der Waals surface area contributed by atoms with Crippen LogP contribution in [0.15, 0.2) is 42.5 Å². The number of fused-ring (bicyclic) bond motifs is 1. The molecule has 1 aromatic heterocycles. The predicted molar refractivity (Wildman–Crippen MR) is 104 cm³/mol. The van der Waals surface area contributed by atoms with Crippen LogP contribution in [-0.4, -0.2) is 17.8 Å². The summed E-state index contributed by atoms with van der Waals surface area (Å²) in [7, 11) is 0. The predicted octanol–water partition coefficient (Wildman–Crippen LogP) is 7.66. The van der Waals surface area contributed by atoms with E-state index in [4.69, 9.17) is 0 Å². The van der Waals surface area contributed by atoms with E-state index in [1.807, 2.05) is 0 Å². The molecule has 0 nitrogen and oxygen atoms in total. The summed E-state index contributed by atoms with van der Waals surface area (Å²) in [5.74, 6) is -15.6. The maximum Gasteiger partial charge on any atom is 0.380 e. The number of aryl methyl sites for hydroxylation is 3. The molecular formula is C22H16F6S. The molecule has 0 radical (unpaired) electrons. The Bertz CT molecular complexity index is 1170. The average Bonchev–Trinajstić information content (AvgIpc) is 3.01. The zero-order valence-electron chi connectivity index (χ0n) is 15.7. The molecule has 4 rings (SSSR count). The molecule has 29 heavy (non-hydrogen) atoms. The van der Waals surface area contributed by atoms with Crippen LogP contribution in [0.2, 0.25) is 0 Å². The van der Waals surface area contributed by atoms with Gasteiger partial charge in [0.15, 0.2) is 0 Å². The molecule has 0 N–H and O–H groups in total. The van der Waals surface area contributed by atoms with Gasteiger partial charge in [-0.2, -0.15) is 26.3 Å². The van der Waals surface area contributed by atoms with Crippen LogP contribution in [0.5, 0.6) is 0 Å². The third-order valence-corrected chi connectivity index (χ3v) is 6.49. The molecule has 1 aliphatic carbocycles. The van der Waals surface area contributed by atoms with Crippen molar-refractivity contribution in [3.8, 4) is 0 Å². The van der Waals surface area contributed by atoms with E-state index in [1.54, 1.807) is 31.2 Å². The highest BCUT2D eigenvalue weighted by Gasteiger charge is 2.80. The molecule has 152 valence electrons. The van der Waals surface area contributed by atoms with Crippen molar-refractivity contribution < 1.29 is 26.3 Å². The summed E-state index contributed by atoms with van der Waals surface area (Å²) in [6, 6.07) is 11.0. The summed E-state index contributed by atoms with van der Waals surface area (Å²) in [5, 5.41) is 0.743. The molecule has 0 atom stereocenters. The van der Waals surface area contributed by atoms with Crippen LogP contribution in [0.25, 0.3) is 21.9 Å². The molecule has 0 unspecified atom stereocenters. The topological polar surface area (TPSA) is 0 Å². The van der Waals surface area contributed by atoms with Crippen LogP contribution in [0.1, 0.15) is 26.4 Å². The van der Waals surface area contributed by atoms with Crippen LogP contribution in [0, 0.1) is 20.8 Å². The number of halogens is 6. The van der Waals surface area contributed by atoms with Crippen molar-refractivity contribution in [1.82, 2.24) is 0 Å². The highest BCUT2D eigenvalue weighted by Crippen LogP contribution is 2.66. The third-order valence-electron chi connectivity index (χ3n) is 5.32. The number of allylic oxidation sites excluding steroid dienone is 2. The highest BCUT2D eigenvalue weighted by molar-refractivity contribution is 7.13. The number of hydrogen-bond acceptors (Lipinski definition) is 1. The fraction of sp³-hybridized carbons (Fsp3) is 0.273. The first-order valence-corrected chi connectivity index (χ1v) is 9.67. The van der Waals surface area contributed by atoms with Crippen molar-refractivity contribution in [3.05, 3.63) is 68.9 Å². The summed E-state index contributed by atoms with van der Waals surface area (Å²) >= 11 is 0.821. The molecule has 1 aliphatic rings. The second-order valence-corrected chi connectivity index (χ2v) is 8.58. The van der Waals surface area contributed by atoms with Crippen LogP contribution in [0.4, 0.5) is 26.3 Å². The Morgan fingerprint density at radius 2 is 1.34 bits per heavy atom. The highest BCUT2D eigenvalue weighted by atomic mass is 32.1. The van der Waals surface area contributed by atoms with Gasteiger partial charge in [-0.15, -0.1) is 11.3 Å². The Labute approximate surface area is 167 Å². The van der Waals surface area contributed by atoms with Crippen molar-refractivity contribution >= 4 is 33.3 Å². The minimum absolute atomic E-state index is 0.230. The van der Waals surface area contributed by atoms with Gasteiger partial charge >= 0.3 is 17.8 Å². The number of alkyl halides is 6. The molecule has 0 spiro atoms. The summed E-state index contributed by atoms with van der Waals surface area (Å²) in [6.45, 7) is 4.54. The Balaban J connectivity index is 2.22. The second-order valence-electron chi connectivity index (χ2n) is 7.32. The molecule has 2 aromatic carbocycles. The van der Waals surface area contributed by atoms with E-state index in [9.17, 15) is 17.6 Å². The Morgan fingerprint density at radius 3 is 1.97 bits per heavy atom. The van der Waals surface area contributed by atoms with Gasteiger partial charge in [0.25, 0.3) is 0 Å². The van der Waals surface area contributed by atoms with E-state index >= 15 is 8.78 Å². The molecular weight excluding hydrogens is 410 g/mol. The van der Waals surface area contributed by atoms with E-state index in [0.29, 0.717) is 10.3 Å². The molecule has 0 fully saturated rings. The van der Waals surface area contributed by atoms with Gasteiger partial charge in [-0.25, -0.2) is 0 Å². The van der Waals surface area contributed by atoms with Crippen molar-refractivity contribution in [1.29, 1.82) is 0 Å². The fourth-order valence-electron chi connectivity index (χ4n) is 3.97. The average molecular weight is 426 g/mol. The standard InChI is InChI=1S/C22H16F6S/c1-11-8-9-14-6-4-5-7-15(14)16(11)17-18(19-12(2)10-13(3)29-19)21(25,26)22(27,28)20(17,23)24/h4-10H,1-3H3. The lowest BCUT2D eigenvalue weighted by atomic mass is 9.89. The Hall–Kier alpha value is -2.28. The van der Waals surface area contributed by atoms with Crippen molar-refractivity contribution in [2.24, 2.45) is 0 Å². The van der Waals surface area contributed by atoms with Gasteiger partial charge in [-0.05, 0) is 54.3 Å². The first-order valence-electron chi connectivity index (χ1n) is 8.86. The smallest absolute Gasteiger partial charge is 0.194 e. The summed E-state index contributed by atoms with van der Waals surface area (Å²) in [6.07, 6.45) is 0. The van der Waals surface area contributed by atoms with Gasteiger partial charge in [0.2, 0.25) is 0 Å². The number of benzene rings is 2. The lowest BCUT2D eigenvalue weighted by Gasteiger charge is -2.26. The lowest BCUT2D eigenvalue weighted by Crippen LogP contribution is -2.48. The Kier molecular flexibility index (Phi) is 4.22. The molecule has 0 aliphatic heterocycles. The van der Waals surface area contributed by atoms with Crippen LogP contribution < -0.4 is 0 Å². The second kappa shape index (κ2) is 6.11. The van der Waals surface area contributed by atoms with Crippen LogP contribution in [0.3, 0.4) is 0 Å². The Morgan fingerprint density at radius 1 is 0.724 bits per heavy atom. The molecule has 7 heteroatoms. The zero-order chi connectivity index (χ0) is 21.4. The summed E-state index contributed by atoms with van der Waals surface area (Å²) < 4.78 is 89.0. The van der Waals surface area contributed by atoms with E-state index in [0.717, 1.165) is 11.3 Å². The zero-order valence-corrected chi connectivity index (χ0v) is 16.5. The van der Waals surface area contributed by atoms with Gasteiger partial charge < -0.3 is 0 Å². The quantitative estimate of drug-likeness (QED) is 0.369. The van der Waals surface area contributed by atoms with Gasteiger partial charge in [-0.3, -0.25) is 0 Å². The van der Waals surface area contributed by atoms with Gasteiger partial charge in [-0.1, -0.05) is 36.4 Å².